The van der Waals surface area contributed by atoms with Crippen LogP contribution in [0.1, 0.15) is 11.1 Å². The quantitative estimate of drug-likeness (QED) is 0.342. The minimum atomic E-state index is -4.35. The van der Waals surface area contributed by atoms with Crippen molar-refractivity contribution in [1.29, 1.82) is 0 Å². The lowest BCUT2D eigenvalue weighted by molar-refractivity contribution is -0.159. The van der Waals surface area contributed by atoms with E-state index in [1.807, 2.05) is 4.57 Å². The minimum absolute atomic E-state index is 0.311. The molecule has 1 aromatic heterocycles. The van der Waals surface area contributed by atoms with Crippen LogP contribution >= 0.6 is 0 Å². The summed E-state index contributed by atoms with van der Waals surface area (Å²) in [6, 6.07) is 11.0. The Bertz CT molecular complexity index is 1090. The smallest absolute Gasteiger partial charge is 0.416 e. The molecule has 0 atom stereocenters. The molecule has 1 heterocycles. The molecular weight excluding hydrogens is 462 g/mol. The van der Waals surface area contributed by atoms with Crippen molar-refractivity contribution in [3.05, 3.63) is 71.7 Å². The van der Waals surface area contributed by atoms with E-state index in [1.165, 1.54) is 24.3 Å². The van der Waals surface area contributed by atoms with Crippen LogP contribution in [-0.2, 0) is 33.6 Å². The maximum absolute atomic E-state index is 13.2. The molecule has 8 nitrogen and oxygen atoms in total. The number of carboxylic acids is 2. The number of nitrogens with zero attached hydrogens (tertiary/aromatic N) is 2. The van der Waals surface area contributed by atoms with E-state index in [9.17, 15) is 17.6 Å². The largest absolute Gasteiger partial charge is 0.473 e. The van der Waals surface area contributed by atoms with Gasteiger partial charge in [0.15, 0.2) is 0 Å². The van der Waals surface area contributed by atoms with Crippen molar-refractivity contribution >= 4 is 17.9 Å². The third-order valence-electron chi connectivity index (χ3n) is 4.43. The lowest BCUT2D eigenvalue weighted by Crippen LogP contribution is -2.12. The Balaban J connectivity index is 0.000000604. The fraction of sp³-hybridized carbons (Fsp3) is 0.227. The Morgan fingerprint density at radius 3 is 2.12 bits per heavy atom. The van der Waals surface area contributed by atoms with Crippen LogP contribution in [0.15, 0.2) is 54.7 Å². The van der Waals surface area contributed by atoms with Crippen molar-refractivity contribution in [3.8, 4) is 11.3 Å². The Morgan fingerprint density at radius 2 is 1.62 bits per heavy atom. The Morgan fingerprint density at radius 1 is 1.03 bits per heavy atom. The Hall–Kier alpha value is -3.93. The second-order valence-electron chi connectivity index (χ2n) is 6.78. The van der Waals surface area contributed by atoms with Crippen LogP contribution in [0.4, 0.5) is 23.5 Å². The van der Waals surface area contributed by atoms with E-state index in [4.69, 9.17) is 24.5 Å². The van der Waals surface area contributed by atoms with Crippen LogP contribution in [-0.4, -0.2) is 45.4 Å². The zero-order chi connectivity index (χ0) is 25.3. The van der Waals surface area contributed by atoms with Crippen LogP contribution in [0.5, 0.6) is 0 Å². The van der Waals surface area contributed by atoms with Crippen LogP contribution in [0, 0.1) is 5.82 Å². The number of alkyl halides is 3. The fourth-order valence-corrected chi connectivity index (χ4v) is 2.77. The van der Waals surface area contributed by atoms with Gasteiger partial charge >= 0.3 is 18.1 Å². The first-order valence-electron chi connectivity index (χ1n) is 9.69. The molecule has 0 aliphatic carbocycles. The zero-order valence-corrected chi connectivity index (χ0v) is 17.8. The highest BCUT2D eigenvalue weighted by Gasteiger charge is 2.29. The van der Waals surface area contributed by atoms with Gasteiger partial charge in [-0.2, -0.15) is 13.2 Å². The van der Waals surface area contributed by atoms with Gasteiger partial charge in [-0.3, -0.25) is 0 Å². The summed E-state index contributed by atoms with van der Waals surface area (Å²) < 4.78 is 58.2. The second-order valence-corrected chi connectivity index (χ2v) is 6.78. The molecule has 12 heteroatoms. The molecule has 34 heavy (non-hydrogen) atoms. The number of nitrogens with one attached hydrogen (secondary N) is 1. The van der Waals surface area contributed by atoms with E-state index in [2.05, 4.69) is 10.3 Å². The molecule has 0 bridgehead atoms. The number of aromatic nitrogens is 2. The Kier molecular flexibility index (Phi) is 9.13. The number of aliphatic carboxylic acids is 2. The molecule has 0 aliphatic rings. The van der Waals surface area contributed by atoms with Crippen molar-refractivity contribution in [2.24, 2.45) is 0 Å². The molecule has 0 saturated heterocycles. The predicted molar refractivity (Wildman–Crippen MR) is 114 cm³/mol. The van der Waals surface area contributed by atoms with Crippen LogP contribution in [0.25, 0.3) is 11.3 Å². The SMILES string of the molecule is COCCn1c(-c2ccc(F)cc2)cnc1NCc1ccc(C(F)(F)F)cc1.O=C(O)C(=O)O. The molecular formula is C22H21F4N3O5. The molecule has 0 aliphatic heterocycles. The molecule has 0 fully saturated rings. The summed E-state index contributed by atoms with van der Waals surface area (Å²) in [5, 5.41) is 17.9. The number of imidazole rings is 1. The fourth-order valence-electron chi connectivity index (χ4n) is 2.77. The van der Waals surface area contributed by atoms with Gasteiger partial charge in [0, 0.05) is 25.8 Å². The lowest BCUT2D eigenvalue weighted by Gasteiger charge is -2.13. The molecule has 2 aromatic carbocycles. The Labute approximate surface area is 191 Å². The minimum Gasteiger partial charge on any atom is -0.473 e. The first kappa shape index (κ1) is 26.3. The van der Waals surface area contributed by atoms with Gasteiger partial charge in [0.1, 0.15) is 5.82 Å². The normalized spacial score (nSPS) is 10.9. The number of hydrogen-bond acceptors (Lipinski definition) is 5. The van der Waals surface area contributed by atoms with Gasteiger partial charge in [0.25, 0.3) is 0 Å². The molecule has 3 N–H and O–H groups in total. The summed E-state index contributed by atoms with van der Waals surface area (Å²) in [7, 11) is 1.59. The number of ether oxygens (including phenoxy) is 1. The number of halogens is 4. The first-order chi connectivity index (χ1) is 16.0. The molecule has 0 radical (unpaired) electrons. The second kappa shape index (κ2) is 11.8. The van der Waals surface area contributed by atoms with Gasteiger partial charge in [-0.25, -0.2) is 19.0 Å². The summed E-state index contributed by atoms with van der Waals surface area (Å²) in [4.78, 5) is 22.6. The number of carbonyl (C=O) groups is 2. The number of rotatable bonds is 7. The van der Waals surface area contributed by atoms with Gasteiger partial charge in [0.05, 0.1) is 24.1 Å². The van der Waals surface area contributed by atoms with Crippen LogP contribution < -0.4 is 5.32 Å². The number of carboxylic acid groups (broad SMARTS) is 2. The van der Waals surface area contributed by atoms with E-state index >= 15 is 0 Å². The molecule has 3 rings (SSSR count). The third-order valence-corrected chi connectivity index (χ3v) is 4.43. The summed E-state index contributed by atoms with van der Waals surface area (Å²) in [5.41, 5.74) is 1.59. The molecule has 182 valence electrons. The van der Waals surface area contributed by atoms with Crippen LogP contribution in [0.3, 0.4) is 0 Å². The number of methoxy groups -OCH3 is 1. The maximum atomic E-state index is 13.2. The van der Waals surface area contributed by atoms with E-state index in [1.54, 1.807) is 25.4 Å². The lowest BCUT2D eigenvalue weighted by atomic mass is 10.1. The van der Waals surface area contributed by atoms with E-state index in [0.717, 1.165) is 23.4 Å². The van der Waals surface area contributed by atoms with Crippen molar-refractivity contribution in [2.75, 3.05) is 19.0 Å². The monoisotopic (exact) mass is 483 g/mol. The van der Waals surface area contributed by atoms with Crippen molar-refractivity contribution in [2.45, 2.75) is 19.3 Å². The number of benzene rings is 2. The topological polar surface area (TPSA) is 114 Å². The summed E-state index contributed by atoms with van der Waals surface area (Å²) >= 11 is 0. The highest BCUT2D eigenvalue weighted by molar-refractivity contribution is 6.27. The molecule has 0 saturated carbocycles. The van der Waals surface area contributed by atoms with E-state index in [-0.39, 0.29) is 5.82 Å². The van der Waals surface area contributed by atoms with Crippen LogP contribution in [0.2, 0.25) is 0 Å². The highest BCUT2D eigenvalue weighted by atomic mass is 19.4. The molecule has 0 amide bonds. The van der Waals surface area contributed by atoms with Crippen molar-refractivity contribution < 1.29 is 42.1 Å². The molecule has 0 spiro atoms. The van der Waals surface area contributed by atoms with Gasteiger partial charge < -0.3 is 24.8 Å². The van der Waals surface area contributed by atoms with Crippen molar-refractivity contribution in [1.82, 2.24) is 9.55 Å². The maximum Gasteiger partial charge on any atom is 0.416 e. The summed E-state index contributed by atoms with van der Waals surface area (Å²) in [5.74, 6) is -3.42. The number of anilines is 1. The third kappa shape index (κ3) is 7.59. The van der Waals surface area contributed by atoms with E-state index < -0.39 is 23.7 Å². The first-order valence-corrected chi connectivity index (χ1v) is 9.69. The summed E-state index contributed by atoms with van der Waals surface area (Å²) in [6.07, 6.45) is -2.69. The van der Waals surface area contributed by atoms with Gasteiger partial charge in [-0.1, -0.05) is 12.1 Å². The predicted octanol–water partition coefficient (Wildman–Crippen LogP) is 4.12. The highest BCUT2D eigenvalue weighted by Crippen LogP contribution is 2.29. The average molecular weight is 483 g/mol. The zero-order valence-electron chi connectivity index (χ0n) is 17.8. The molecule has 0 unspecified atom stereocenters. The van der Waals surface area contributed by atoms with Gasteiger partial charge in [-0.15, -0.1) is 0 Å². The molecule has 3 aromatic rings. The van der Waals surface area contributed by atoms with E-state index in [0.29, 0.717) is 31.2 Å². The number of hydrogen-bond donors (Lipinski definition) is 3. The van der Waals surface area contributed by atoms with Crippen molar-refractivity contribution in [3.63, 3.8) is 0 Å². The standard InChI is InChI=1S/C20H19F4N3O.C2H2O4/c1-28-11-10-27-18(15-4-8-17(21)9-5-15)13-26-19(27)25-12-14-2-6-16(7-3-14)20(22,23)24;3-1(4)2(5)6/h2-9,13H,10-12H2,1H3,(H,25,26);(H,3,4)(H,5,6). The summed E-state index contributed by atoms with van der Waals surface area (Å²) in [6.45, 7) is 1.27. The van der Waals surface area contributed by atoms with Gasteiger partial charge in [0.2, 0.25) is 5.95 Å². The van der Waals surface area contributed by atoms with Gasteiger partial charge in [-0.05, 0) is 42.0 Å². The average Bonchev–Trinajstić information content (AvgIpc) is 3.19.